The summed E-state index contributed by atoms with van der Waals surface area (Å²) in [5, 5.41) is 0.662. The Morgan fingerprint density at radius 1 is 1.07 bits per heavy atom. The second-order valence-corrected chi connectivity index (χ2v) is 17.6. The fourth-order valence-corrected chi connectivity index (χ4v) is 6.55. The molecular weight excluding hydrogens is 576 g/mol. The van der Waals surface area contributed by atoms with Crippen molar-refractivity contribution in [2.75, 3.05) is 13.7 Å². The predicted octanol–water partition coefficient (Wildman–Crippen LogP) is 6.68. The highest BCUT2D eigenvalue weighted by Crippen LogP contribution is 2.39. The predicted molar refractivity (Wildman–Crippen MR) is 158 cm³/mol. The van der Waals surface area contributed by atoms with E-state index in [0.29, 0.717) is 28.0 Å². The van der Waals surface area contributed by atoms with Gasteiger partial charge in [0.1, 0.15) is 17.2 Å². The molecule has 0 saturated carbocycles. The van der Waals surface area contributed by atoms with Crippen LogP contribution in [0.3, 0.4) is 0 Å². The Labute approximate surface area is 238 Å². The van der Waals surface area contributed by atoms with Crippen LogP contribution in [0.25, 0.3) is 37.1 Å². The smallest absolute Gasteiger partial charge is 0.338 e. The topological polar surface area (TPSA) is 75.4 Å². The van der Waals surface area contributed by atoms with Crippen molar-refractivity contribution < 1.29 is 18.3 Å². The van der Waals surface area contributed by atoms with Crippen LogP contribution >= 0.6 is 22.9 Å². The Bertz CT molecular complexity index is 1880. The molecule has 0 unspecified atom stereocenters. The van der Waals surface area contributed by atoms with Gasteiger partial charge >= 0.3 is 5.69 Å². The minimum absolute atomic E-state index is 0.0151. The first-order valence-electron chi connectivity index (χ1n) is 12.4. The van der Waals surface area contributed by atoms with Gasteiger partial charge in [-0.1, -0.05) is 43.4 Å². The van der Waals surface area contributed by atoms with Gasteiger partial charge in [-0.3, -0.25) is 14.3 Å². The Morgan fingerprint density at radius 3 is 2.58 bits per heavy atom. The number of benzene rings is 2. The number of methoxy groups -OCH3 is 1. The zero-order valence-electron chi connectivity index (χ0n) is 22.3. The molecule has 0 aliphatic heterocycles. The minimum atomic E-state index is -1.40. The minimum Gasteiger partial charge on any atom is -0.494 e. The second kappa shape index (κ2) is 10.9. The molecule has 2 aromatic carbocycles. The van der Waals surface area contributed by atoms with Crippen molar-refractivity contribution in [1.82, 2.24) is 14.1 Å². The molecule has 0 radical (unpaired) electrons. The molecule has 3 aromatic heterocycles. The normalized spacial score (nSPS) is 12.0. The van der Waals surface area contributed by atoms with E-state index in [-0.39, 0.29) is 33.3 Å². The lowest BCUT2D eigenvalue weighted by Crippen LogP contribution is -2.39. The summed E-state index contributed by atoms with van der Waals surface area (Å²) < 4.78 is 42.8. The Balaban J connectivity index is 1.76. The highest BCUT2D eigenvalue weighted by molar-refractivity contribution is 7.22. The molecule has 12 heteroatoms. The van der Waals surface area contributed by atoms with E-state index in [4.69, 9.17) is 21.1 Å². The first-order valence-corrected chi connectivity index (χ1v) is 17.3. The molecule has 7 nitrogen and oxygen atoms in total. The van der Waals surface area contributed by atoms with Crippen LogP contribution in [0.5, 0.6) is 5.75 Å². The van der Waals surface area contributed by atoms with Crippen molar-refractivity contribution in [2.45, 2.75) is 32.4 Å². The summed E-state index contributed by atoms with van der Waals surface area (Å²) in [7, 11) is -0.0649. The first-order chi connectivity index (χ1) is 19.0. The molecular formula is C28H26ClF2N3O4SSi. The standard InChI is InChI=1S/C28H26ClF2N3O4SSi/c1-37-23-10-17(18(29)11-20(23)31)24-12-21-26(39-24)27(35)34(28(36)33(21)15-38-8-9-40(2,3)4)22-14-32-13-16-6-5-7-19(30)25(16)22/h5-7,10-14H,8-9,15H2,1-4H3. The van der Waals surface area contributed by atoms with Crippen LogP contribution in [0.1, 0.15) is 0 Å². The first kappa shape index (κ1) is 28.2. The molecule has 0 atom stereocenters. The number of thiophene rings is 1. The SMILES string of the molecule is COc1cc(-c2cc3c(s2)c(=O)n(-c2cncc4cccc(F)c24)c(=O)n3COCC[Si](C)(C)C)c(Cl)cc1F. The third kappa shape index (κ3) is 5.21. The van der Waals surface area contributed by atoms with Gasteiger partial charge in [0, 0.05) is 42.1 Å². The summed E-state index contributed by atoms with van der Waals surface area (Å²) in [5.41, 5.74) is -0.553. The van der Waals surface area contributed by atoms with Crippen molar-refractivity contribution in [3.63, 3.8) is 0 Å². The number of ether oxygens (including phenoxy) is 2. The van der Waals surface area contributed by atoms with Gasteiger partial charge in [-0.15, -0.1) is 11.3 Å². The van der Waals surface area contributed by atoms with Gasteiger partial charge in [0.25, 0.3) is 5.56 Å². The van der Waals surface area contributed by atoms with Crippen LogP contribution in [0.4, 0.5) is 8.78 Å². The van der Waals surface area contributed by atoms with E-state index in [2.05, 4.69) is 24.6 Å². The number of hydrogen-bond acceptors (Lipinski definition) is 6. The summed E-state index contributed by atoms with van der Waals surface area (Å²) in [6.45, 7) is 6.96. The second-order valence-electron chi connectivity index (χ2n) is 10.5. The molecule has 0 fully saturated rings. The van der Waals surface area contributed by atoms with Crippen molar-refractivity contribution in [3.05, 3.63) is 86.3 Å². The number of nitrogens with zero attached hydrogens (tertiary/aromatic N) is 3. The summed E-state index contributed by atoms with van der Waals surface area (Å²) >= 11 is 7.46. The van der Waals surface area contributed by atoms with E-state index in [1.54, 1.807) is 12.1 Å². The molecule has 0 spiro atoms. The molecule has 0 saturated heterocycles. The summed E-state index contributed by atoms with van der Waals surface area (Å²) in [5.74, 6) is -1.23. The zero-order chi connectivity index (χ0) is 28.8. The van der Waals surface area contributed by atoms with Crippen LogP contribution in [0, 0.1) is 11.6 Å². The maximum atomic E-state index is 15.0. The molecule has 0 aliphatic carbocycles. The molecule has 5 rings (SSSR count). The van der Waals surface area contributed by atoms with Gasteiger partial charge in [-0.25, -0.2) is 18.1 Å². The third-order valence-electron chi connectivity index (χ3n) is 6.50. The van der Waals surface area contributed by atoms with Crippen molar-refractivity contribution in [3.8, 4) is 21.9 Å². The monoisotopic (exact) mass is 601 g/mol. The Morgan fingerprint density at radius 2 is 1.85 bits per heavy atom. The van der Waals surface area contributed by atoms with Gasteiger partial charge < -0.3 is 9.47 Å². The lowest BCUT2D eigenvalue weighted by Gasteiger charge is -2.17. The number of rotatable bonds is 8. The molecule has 0 aliphatic rings. The van der Waals surface area contributed by atoms with Crippen LogP contribution in [0.15, 0.2) is 58.4 Å². The fourth-order valence-electron chi connectivity index (χ4n) is 4.37. The highest BCUT2D eigenvalue weighted by Gasteiger charge is 2.22. The number of pyridine rings is 1. The maximum absolute atomic E-state index is 15.0. The largest absolute Gasteiger partial charge is 0.494 e. The van der Waals surface area contributed by atoms with E-state index in [1.807, 2.05) is 0 Å². The zero-order valence-corrected chi connectivity index (χ0v) is 24.8. The van der Waals surface area contributed by atoms with E-state index < -0.39 is 31.0 Å². The number of fused-ring (bicyclic) bond motifs is 2. The molecule has 0 N–H and O–H groups in total. The maximum Gasteiger partial charge on any atom is 0.338 e. The molecule has 208 valence electrons. The van der Waals surface area contributed by atoms with Gasteiger partial charge in [0.2, 0.25) is 0 Å². The van der Waals surface area contributed by atoms with Gasteiger partial charge in [-0.2, -0.15) is 0 Å². The van der Waals surface area contributed by atoms with E-state index in [0.717, 1.165) is 28.0 Å². The van der Waals surface area contributed by atoms with Gasteiger partial charge in [0.15, 0.2) is 11.6 Å². The van der Waals surface area contributed by atoms with Crippen molar-refractivity contribution in [2.24, 2.45) is 0 Å². The van der Waals surface area contributed by atoms with Gasteiger partial charge in [-0.05, 0) is 30.3 Å². The molecule has 0 amide bonds. The fraction of sp³-hybridized carbons (Fsp3) is 0.250. The van der Waals surface area contributed by atoms with E-state index in [1.165, 1.54) is 42.3 Å². The average molecular weight is 602 g/mol. The summed E-state index contributed by atoms with van der Waals surface area (Å²) in [6, 6.07) is 9.56. The van der Waals surface area contributed by atoms with Crippen molar-refractivity contribution >= 4 is 52.0 Å². The lowest BCUT2D eigenvalue weighted by molar-refractivity contribution is 0.0864. The lowest BCUT2D eigenvalue weighted by atomic mass is 10.1. The Kier molecular flexibility index (Phi) is 7.66. The Hall–Kier alpha value is -3.38. The molecule has 3 heterocycles. The molecule has 40 heavy (non-hydrogen) atoms. The van der Waals surface area contributed by atoms with Crippen LogP contribution in [-0.4, -0.2) is 35.9 Å². The summed E-state index contributed by atoms with van der Waals surface area (Å²) in [4.78, 5) is 32.5. The van der Waals surface area contributed by atoms with Gasteiger partial charge in [0.05, 0.1) is 29.5 Å². The summed E-state index contributed by atoms with van der Waals surface area (Å²) in [6.07, 6.45) is 2.77. The van der Waals surface area contributed by atoms with E-state index >= 15 is 4.39 Å². The number of hydrogen-bond donors (Lipinski definition) is 0. The number of halogens is 3. The highest BCUT2D eigenvalue weighted by atomic mass is 35.5. The van der Waals surface area contributed by atoms with E-state index in [9.17, 15) is 14.0 Å². The van der Waals surface area contributed by atoms with Crippen LogP contribution < -0.4 is 16.0 Å². The quantitative estimate of drug-likeness (QED) is 0.146. The third-order valence-corrected chi connectivity index (χ3v) is 9.66. The molecule has 0 bridgehead atoms. The van der Waals surface area contributed by atoms with Crippen LogP contribution in [0.2, 0.25) is 30.7 Å². The molecule has 5 aromatic rings. The average Bonchev–Trinajstić information content (AvgIpc) is 3.33. The van der Waals surface area contributed by atoms with Crippen LogP contribution in [-0.2, 0) is 11.5 Å². The number of aromatic nitrogens is 3. The van der Waals surface area contributed by atoms with Crippen molar-refractivity contribution in [1.29, 1.82) is 0 Å².